The number of aromatic amines is 2. The first-order valence-electron chi connectivity index (χ1n) is 7.47. The molecule has 0 aromatic carbocycles. The molecule has 1 aliphatic rings. The van der Waals surface area contributed by atoms with Crippen LogP contribution in [-0.4, -0.2) is 38.2 Å². The van der Waals surface area contributed by atoms with Crippen molar-refractivity contribution in [1.29, 1.82) is 0 Å². The van der Waals surface area contributed by atoms with Crippen molar-refractivity contribution in [2.24, 2.45) is 0 Å². The highest BCUT2D eigenvalue weighted by molar-refractivity contribution is 5.16. The van der Waals surface area contributed by atoms with E-state index in [1.54, 1.807) is 6.33 Å². The van der Waals surface area contributed by atoms with Gasteiger partial charge in [-0.3, -0.25) is 10.00 Å². The Morgan fingerprint density at radius 1 is 1.35 bits per heavy atom. The zero-order valence-electron chi connectivity index (χ0n) is 12.3. The van der Waals surface area contributed by atoms with Crippen LogP contribution in [-0.2, 0) is 6.54 Å². The molecule has 0 radical (unpaired) electrons. The summed E-state index contributed by atoms with van der Waals surface area (Å²) in [5, 5.41) is 7.65. The lowest BCUT2D eigenvalue weighted by Gasteiger charge is -2.30. The Balaban J connectivity index is 1.55. The molecule has 2 N–H and O–H groups in total. The largest absolute Gasteiger partial charge is 0.347 e. The molecule has 2 aromatic rings. The lowest BCUT2D eigenvalue weighted by atomic mass is 9.93. The Kier molecular flexibility index (Phi) is 3.87. The first-order valence-corrected chi connectivity index (χ1v) is 7.47. The maximum atomic E-state index is 4.42. The van der Waals surface area contributed by atoms with E-state index >= 15 is 0 Å². The number of rotatable bonds is 4. The molecule has 2 aromatic heterocycles. The van der Waals surface area contributed by atoms with Gasteiger partial charge in [-0.1, -0.05) is 13.8 Å². The van der Waals surface area contributed by atoms with Crippen LogP contribution in [0.25, 0.3) is 0 Å². The van der Waals surface area contributed by atoms with Gasteiger partial charge in [-0.05, 0) is 37.9 Å². The molecule has 1 aliphatic heterocycles. The summed E-state index contributed by atoms with van der Waals surface area (Å²) in [5.41, 5.74) is 3.70. The molecule has 1 fully saturated rings. The second kappa shape index (κ2) is 5.79. The van der Waals surface area contributed by atoms with Crippen LogP contribution < -0.4 is 0 Å². The third-order valence-corrected chi connectivity index (χ3v) is 4.19. The average Bonchev–Trinajstić information content (AvgIpc) is 3.10. The van der Waals surface area contributed by atoms with Crippen LogP contribution in [0, 0.1) is 0 Å². The van der Waals surface area contributed by atoms with Gasteiger partial charge in [0.05, 0.1) is 12.0 Å². The van der Waals surface area contributed by atoms with Gasteiger partial charge in [0, 0.05) is 30.0 Å². The number of hydrogen-bond donors (Lipinski definition) is 2. The molecule has 3 rings (SSSR count). The average molecular weight is 273 g/mol. The van der Waals surface area contributed by atoms with Gasteiger partial charge in [0.1, 0.15) is 0 Å². The number of hydrogen-bond acceptors (Lipinski definition) is 3. The van der Waals surface area contributed by atoms with Crippen LogP contribution in [0.1, 0.15) is 55.6 Å². The SMILES string of the molecule is CC(C)c1cc(C2CCN(Cc3cnc[nH]3)CC2)[nH]n1. The van der Waals surface area contributed by atoms with Crippen LogP contribution in [0.4, 0.5) is 0 Å². The van der Waals surface area contributed by atoms with Gasteiger partial charge in [-0.15, -0.1) is 0 Å². The van der Waals surface area contributed by atoms with E-state index in [1.807, 2.05) is 6.20 Å². The standard InChI is InChI=1S/C15H23N5/c1-11(2)14-7-15(19-18-14)12-3-5-20(6-4-12)9-13-8-16-10-17-13/h7-8,10-12H,3-6,9H2,1-2H3,(H,16,17)(H,18,19). The molecule has 5 nitrogen and oxygen atoms in total. The molecule has 20 heavy (non-hydrogen) atoms. The Labute approximate surface area is 119 Å². The first kappa shape index (κ1) is 13.4. The summed E-state index contributed by atoms with van der Waals surface area (Å²) in [5.74, 6) is 1.13. The minimum atomic E-state index is 0.500. The fourth-order valence-corrected chi connectivity index (χ4v) is 2.87. The predicted octanol–water partition coefficient (Wildman–Crippen LogP) is 2.64. The molecule has 0 amide bonds. The number of nitrogens with zero attached hydrogens (tertiary/aromatic N) is 3. The molecular weight excluding hydrogens is 250 g/mol. The van der Waals surface area contributed by atoms with Crippen molar-refractivity contribution in [3.63, 3.8) is 0 Å². The topological polar surface area (TPSA) is 60.6 Å². The molecular formula is C15H23N5. The Bertz CT molecular complexity index is 520. The molecule has 0 saturated carbocycles. The zero-order valence-corrected chi connectivity index (χ0v) is 12.3. The zero-order chi connectivity index (χ0) is 13.9. The second-order valence-electron chi connectivity index (χ2n) is 6.03. The molecule has 0 spiro atoms. The van der Waals surface area contributed by atoms with Crippen LogP contribution in [0.3, 0.4) is 0 Å². The van der Waals surface area contributed by atoms with E-state index in [9.17, 15) is 0 Å². The van der Waals surface area contributed by atoms with E-state index < -0.39 is 0 Å². The Morgan fingerprint density at radius 2 is 2.15 bits per heavy atom. The smallest absolute Gasteiger partial charge is 0.0922 e. The Hall–Kier alpha value is -1.62. The summed E-state index contributed by atoms with van der Waals surface area (Å²) in [6.45, 7) is 7.63. The quantitative estimate of drug-likeness (QED) is 0.900. The van der Waals surface area contributed by atoms with Gasteiger partial charge < -0.3 is 4.98 Å². The summed E-state index contributed by atoms with van der Waals surface area (Å²) in [4.78, 5) is 9.74. The molecule has 5 heteroatoms. The summed E-state index contributed by atoms with van der Waals surface area (Å²) in [7, 11) is 0. The molecule has 0 bridgehead atoms. The minimum absolute atomic E-state index is 0.500. The number of H-pyrrole nitrogens is 2. The van der Waals surface area contributed by atoms with Gasteiger partial charge in [-0.2, -0.15) is 5.10 Å². The Morgan fingerprint density at radius 3 is 2.75 bits per heavy atom. The van der Waals surface area contributed by atoms with Crippen molar-refractivity contribution in [1.82, 2.24) is 25.1 Å². The number of likely N-dealkylation sites (tertiary alicyclic amines) is 1. The van der Waals surface area contributed by atoms with E-state index in [2.05, 4.69) is 45.0 Å². The minimum Gasteiger partial charge on any atom is -0.347 e. The maximum Gasteiger partial charge on any atom is 0.0922 e. The van der Waals surface area contributed by atoms with Crippen molar-refractivity contribution in [3.8, 4) is 0 Å². The van der Waals surface area contributed by atoms with E-state index in [4.69, 9.17) is 0 Å². The van der Waals surface area contributed by atoms with Crippen molar-refractivity contribution >= 4 is 0 Å². The molecule has 108 valence electrons. The van der Waals surface area contributed by atoms with Crippen LogP contribution >= 0.6 is 0 Å². The highest BCUT2D eigenvalue weighted by Gasteiger charge is 2.22. The van der Waals surface area contributed by atoms with Gasteiger partial charge in [0.2, 0.25) is 0 Å². The molecule has 0 unspecified atom stereocenters. The summed E-state index contributed by atoms with van der Waals surface area (Å²) >= 11 is 0. The van der Waals surface area contributed by atoms with Crippen molar-refractivity contribution in [2.45, 2.75) is 45.1 Å². The van der Waals surface area contributed by atoms with Crippen molar-refractivity contribution < 1.29 is 0 Å². The fraction of sp³-hybridized carbons (Fsp3) is 0.600. The van der Waals surface area contributed by atoms with Crippen molar-refractivity contribution in [2.75, 3.05) is 13.1 Å². The normalized spacial score (nSPS) is 17.9. The molecule has 1 saturated heterocycles. The van der Waals surface area contributed by atoms with E-state index in [0.29, 0.717) is 11.8 Å². The van der Waals surface area contributed by atoms with Gasteiger partial charge in [0.25, 0.3) is 0 Å². The second-order valence-corrected chi connectivity index (χ2v) is 6.03. The van der Waals surface area contributed by atoms with Gasteiger partial charge >= 0.3 is 0 Å². The number of nitrogens with one attached hydrogen (secondary N) is 2. The summed E-state index contributed by atoms with van der Waals surface area (Å²) in [6.07, 6.45) is 6.07. The monoisotopic (exact) mass is 273 g/mol. The van der Waals surface area contributed by atoms with Gasteiger partial charge in [0.15, 0.2) is 0 Å². The number of aromatic nitrogens is 4. The van der Waals surface area contributed by atoms with Gasteiger partial charge in [-0.25, -0.2) is 4.98 Å². The number of imidazole rings is 1. The predicted molar refractivity (Wildman–Crippen MR) is 78.5 cm³/mol. The molecule has 0 atom stereocenters. The third-order valence-electron chi connectivity index (χ3n) is 4.19. The van der Waals surface area contributed by atoms with E-state index in [-0.39, 0.29) is 0 Å². The fourth-order valence-electron chi connectivity index (χ4n) is 2.87. The lowest BCUT2D eigenvalue weighted by molar-refractivity contribution is 0.201. The highest BCUT2D eigenvalue weighted by Crippen LogP contribution is 2.28. The lowest BCUT2D eigenvalue weighted by Crippen LogP contribution is -2.32. The van der Waals surface area contributed by atoms with Crippen LogP contribution in [0.15, 0.2) is 18.6 Å². The van der Waals surface area contributed by atoms with E-state index in [1.165, 1.54) is 29.9 Å². The number of piperidine rings is 1. The third kappa shape index (κ3) is 2.93. The maximum absolute atomic E-state index is 4.42. The van der Waals surface area contributed by atoms with E-state index in [0.717, 1.165) is 19.6 Å². The van der Waals surface area contributed by atoms with Crippen LogP contribution in [0.2, 0.25) is 0 Å². The summed E-state index contributed by atoms with van der Waals surface area (Å²) < 4.78 is 0. The van der Waals surface area contributed by atoms with Crippen LogP contribution in [0.5, 0.6) is 0 Å². The first-order chi connectivity index (χ1) is 9.72. The summed E-state index contributed by atoms with van der Waals surface area (Å²) in [6, 6.07) is 2.25. The molecule has 0 aliphatic carbocycles. The van der Waals surface area contributed by atoms with Crippen molar-refractivity contribution in [3.05, 3.63) is 35.7 Å². The molecule has 3 heterocycles. The highest BCUT2D eigenvalue weighted by atomic mass is 15.2.